The maximum Gasteiger partial charge on any atom is 0.378 e. The molecular weight excluding hydrogens is 212 g/mol. The van der Waals surface area contributed by atoms with Gasteiger partial charge in [-0.2, -0.15) is 0 Å². The second-order valence-electron chi connectivity index (χ2n) is 3.70. The lowest BCUT2D eigenvalue weighted by atomic mass is 10.0. The Bertz CT molecular complexity index is 361. The molecule has 1 rings (SSSR count). The third kappa shape index (κ3) is 3.28. The van der Waals surface area contributed by atoms with Gasteiger partial charge in [0.25, 0.3) is 5.82 Å². The Morgan fingerprint density at radius 2 is 2.38 bits per heavy atom. The minimum atomic E-state index is -1.06. The van der Waals surface area contributed by atoms with Crippen LogP contribution in [0.3, 0.4) is 0 Å². The third-order valence-electron chi connectivity index (χ3n) is 1.98. The number of aliphatic hydroxyl groups is 1. The second-order valence-corrected chi connectivity index (χ2v) is 3.70. The van der Waals surface area contributed by atoms with E-state index in [0.29, 0.717) is 5.82 Å². The van der Waals surface area contributed by atoms with Crippen LogP contribution < -0.4 is 5.73 Å². The molecule has 90 valence electrons. The fourth-order valence-electron chi connectivity index (χ4n) is 1.09. The van der Waals surface area contributed by atoms with E-state index in [4.69, 9.17) is 10.5 Å². The van der Waals surface area contributed by atoms with Crippen LogP contribution in [0.5, 0.6) is 0 Å². The number of esters is 1. The Balaban J connectivity index is 2.68. The van der Waals surface area contributed by atoms with Crippen molar-refractivity contribution in [2.75, 3.05) is 13.2 Å². The molecule has 1 heterocycles. The van der Waals surface area contributed by atoms with E-state index in [1.54, 1.807) is 13.8 Å². The summed E-state index contributed by atoms with van der Waals surface area (Å²) in [7, 11) is 0. The standard InChI is InChI=1S/C9H16N4O3/c1-3-16-8(14)7-11-6(12-13-7)4-9(2,15)5-10/h15H,3-5,10H2,1-2H3,(H,11,12,13). The summed E-state index contributed by atoms with van der Waals surface area (Å²) in [5, 5.41) is 15.9. The van der Waals surface area contributed by atoms with Crippen LogP contribution in [0.1, 0.15) is 30.3 Å². The van der Waals surface area contributed by atoms with Crippen molar-refractivity contribution in [3.05, 3.63) is 11.6 Å². The van der Waals surface area contributed by atoms with Crippen molar-refractivity contribution in [2.45, 2.75) is 25.9 Å². The number of hydrogen-bond donors (Lipinski definition) is 3. The molecular formula is C9H16N4O3. The van der Waals surface area contributed by atoms with Crippen molar-refractivity contribution in [1.29, 1.82) is 0 Å². The fraction of sp³-hybridized carbons (Fsp3) is 0.667. The Hall–Kier alpha value is -1.47. The van der Waals surface area contributed by atoms with Crippen LogP contribution in [-0.2, 0) is 11.2 Å². The molecule has 7 heteroatoms. The molecule has 0 saturated heterocycles. The van der Waals surface area contributed by atoms with Crippen LogP contribution in [0.15, 0.2) is 0 Å². The summed E-state index contributed by atoms with van der Waals surface area (Å²) in [6, 6.07) is 0. The van der Waals surface area contributed by atoms with Gasteiger partial charge in [-0.1, -0.05) is 0 Å². The number of nitrogens with zero attached hydrogens (tertiary/aromatic N) is 2. The number of H-pyrrole nitrogens is 1. The van der Waals surface area contributed by atoms with Gasteiger partial charge in [0.05, 0.1) is 12.2 Å². The monoisotopic (exact) mass is 228 g/mol. The minimum Gasteiger partial charge on any atom is -0.460 e. The molecule has 1 aromatic heterocycles. The van der Waals surface area contributed by atoms with Crippen molar-refractivity contribution < 1.29 is 14.6 Å². The highest BCUT2D eigenvalue weighted by Gasteiger charge is 2.22. The molecule has 7 nitrogen and oxygen atoms in total. The molecule has 0 bridgehead atoms. The van der Waals surface area contributed by atoms with Gasteiger partial charge in [0.15, 0.2) is 0 Å². The van der Waals surface area contributed by atoms with E-state index < -0.39 is 11.6 Å². The molecule has 0 saturated carbocycles. The number of aromatic nitrogens is 3. The van der Waals surface area contributed by atoms with Crippen LogP contribution >= 0.6 is 0 Å². The lowest BCUT2D eigenvalue weighted by Gasteiger charge is -2.18. The van der Waals surface area contributed by atoms with Crippen LogP contribution in [0.2, 0.25) is 0 Å². The average Bonchev–Trinajstić information content (AvgIpc) is 2.66. The maximum absolute atomic E-state index is 11.2. The van der Waals surface area contributed by atoms with Crippen LogP contribution in [0, 0.1) is 0 Å². The van der Waals surface area contributed by atoms with E-state index >= 15 is 0 Å². The van der Waals surface area contributed by atoms with E-state index in [1.165, 1.54) is 0 Å². The van der Waals surface area contributed by atoms with Gasteiger partial charge in [0, 0.05) is 13.0 Å². The Kier molecular flexibility index (Phi) is 3.97. The van der Waals surface area contributed by atoms with Crippen LogP contribution in [0.25, 0.3) is 0 Å². The quantitative estimate of drug-likeness (QED) is 0.570. The maximum atomic E-state index is 11.2. The summed E-state index contributed by atoms with van der Waals surface area (Å²) in [5.74, 6) is -0.222. The smallest absolute Gasteiger partial charge is 0.378 e. The van der Waals surface area contributed by atoms with E-state index in [9.17, 15) is 9.90 Å². The first kappa shape index (κ1) is 12.6. The number of aromatic amines is 1. The molecule has 1 unspecified atom stereocenters. The van der Waals surface area contributed by atoms with Gasteiger partial charge in [0.2, 0.25) is 0 Å². The molecule has 0 spiro atoms. The number of hydrogen-bond acceptors (Lipinski definition) is 6. The molecule has 0 aliphatic heterocycles. The average molecular weight is 228 g/mol. The number of ether oxygens (including phenoxy) is 1. The molecule has 1 aromatic rings. The summed E-state index contributed by atoms with van der Waals surface area (Å²) in [4.78, 5) is 15.1. The zero-order valence-electron chi connectivity index (χ0n) is 9.36. The third-order valence-corrected chi connectivity index (χ3v) is 1.98. The first-order valence-corrected chi connectivity index (χ1v) is 4.99. The van der Waals surface area contributed by atoms with Crippen LogP contribution in [-0.4, -0.2) is 45.0 Å². The number of nitrogens with one attached hydrogen (secondary N) is 1. The number of nitrogens with two attached hydrogens (primary N) is 1. The van der Waals surface area contributed by atoms with E-state index in [-0.39, 0.29) is 25.4 Å². The highest BCUT2D eigenvalue weighted by Crippen LogP contribution is 2.08. The zero-order valence-corrected chi connectivity index (χ0v) is 9.36. The highest BCUT2D eigenvalue weighted by molar-refractivity contribution is 5.84. The Labute approximate surface area is 93.0 Å². The van der Waals surface area contributed by atoms with Gasteiger partial charge in [-0.3, -0.25) is 5.10 Å². The van der Waals surface area contributed by atoms with Gasteiger partial charge in [0.1, 0.15) is 5.82 Å². The topological polar surface area (TPSA) is 114 Å². The zero-order chi connectivity index (χ0) is 12.2. The molecule has 16 heavy (non-hydrogen) atoms. The van der Waals surface area contributed by atoms with Crippen LogP contribution in [0.4, 0.5) is 0 Å². The summed E-state index contributed by atoms with van der Waals surface area (Å²) in [5.41, 5.74) is 4.30. The molecule has 1 atom stereocenters. The summed E-state index contributed by atoms with van der Waals surface area (Å²) >= 11 is 0. The van der Waals surface area contributed by atoms with Gasteiger partial charge >= 0.3 is 5.97 Å². The summed E-state index contributed by atoms with van der Waals surface area (Å²) in [6.07, 6.45) is 0.204. The van der Waals surface area contributed by atoms with E-state index in [2.05, 4.69) is 15.2 Å². The van der Waals surface area contributed by atoms with Gasteiger partial charge < -0.3 is 15.6 Å². The van der Waals surface area contributed by atoms with Crippen molar-refractivity contribution in [3.8, 4) is 0 Å². The first-order chi connectivity index (χ1) is 7.48. The number of carbonyl (C=O) groups excluding carboxylic acids is 1. The normalized spacial score (nSPS) is 14.5. The lowest BCUT2D eigenvalue weighted by Crippen LogP contribution is -2.36. The molecule has 0 amide bonds. The summed E-state index contributed by atoms with van der Waals surface area (Å²) in [6.45, 7) is 3.65. The molecule has 0 aliphatic rings. The molecule has 0 aromatic carbocycles. The van der Waals surface area contributed by atoms with Crippen molar-refractivity contribution in [2.24, 2.45) is 5.73 Å². The van der Waals surface area contributed by atoms with Gasteiger partial charge in [-0.25, -0.2) is 9.78 Å². The van der Waals surface area contributed by atoms with E-state index in [0.717, 1.165) is 0 Å². The minimum absolute atomic E-state index is 0.0373. The SMILES string of the molecule is CCOC(=O)c1n[nH]c(CC(C)(O)CN)n1. The van der Waals surface area contributed by atoms with Crippen molar-refractivity contribution in [1.82, 2.24) is 15.2 Å². The predicted octanol–water partition coefficient (Wildman–Crippen LogP) is -0.766. The first-order valence-electron chi connectivity index (χ1n) is 4.99. The lowest BCUT2D eigenvalue weighted by molar-refractivity contribution is 0.0510. The Morgan fingerprint density at radius 3 is 2.94 bits per heavy atom. The van der Waals surface area contributed by atoms with Gasteiger partial charge in [-0.05, 0) is 13.8 Å². The highest BCUT2D eigenvalue weighted by atomic mass is 16.5. The molecule has 4 N–H and O–H groups in total. The van der Waals surface area contributed by atoms with Crippen molar-refractivity contribution in [3.63, 3.8) is 0 Å². The Morgan fingerprint density at radius 1 is 1.69 bits per heavy atom. The molecule has 0 aliphatic carbocycles. The molecule has 0 radical (unpaired) electrons. The second kappa shape index (κ2) is 5.04. The van der Waals surface area contributed by atoms with Crippen molar-refractivity contribution >= 4 is 5.97 Å². The number of carbonyl (C=O) groups is 1. The predicted molar refractivity (Wildman–Crippen MR) is 55.7 cm³/mol. The van der Waals surface area contributed by atoms with Gasteiger partial charge in [-0.15, -0.1) is 5.10 Å². The fourth-order valence-corrected chi connectivity index (χ4v) is 1.09. The van der Waals surface area contributed by atoms with E-state index in [1.807, 2.05) is 0 Å². The largest absolute Gasteiger partial charge is 0.460 e. The summed E-state index contributed by atoms with van der Waals surface area (Å²) < 4.78 is 4.73. The number of rotatable bonds is 5. The molecule has 0 fully saturated rings.